The molecule has 0 amide bonds. The van der Waals surface area contributed by atoms with Gasteiger partial charge in [0.2, 0.25) is 0 Å². The molecule has 0 saturated carbocycles. The Hall–Kier alpha value is -0.640. The smallest absolute Gasteiger partial charge is 0.0909 e. The lowest BCUT2D eigenvalue weighted by molar-refractivity contribution is 0.0831. The van der Waals surface area contributed by atoms with Gasteiger partial charge in [0.1, 0.15) is 0 Å². The van der Waals surface area contributed by atoms with E-state index in [2.05, 4.69) is 10.1 Å². The molecule has 0 aromatic heterocycles. The molecule has 1 heterocycles. The number of aliphatic hydroxyl groups excluding tert-OH is 1. The molecule has 6 heteroatoms. The zero-order valence-corrected chi connectivity index (χ0v) is 6.87. The fourth-order valence-electron chi connectivity index (χ4n) is 0.998. The van der Waals surface area contributed by atoms with Crippen LogP contribution in [0.15, 0.2) is 5.22 Å². The standard InChI is InChI=1S/C5H10N4O.ClH/c6-7-8-9-3-1-5(10)2-4-9;/h5,10H,1-4H2;1H. The van der Waals surface area contributed by atoms with E-state index in [4.69, 9.17) is 10.6 Å². The number of piperidine rings is 1. The summed E-state index contributed by atoms with van der Waals surface area (Å²) in [4.78, 5) is 2.65. The topological polar surface area (TPSA) is 72.2 Å². The molecule has 0 radical (unpaired) electrons. The maximum atomic E-state index is 9.03. The molecular formula is C5H11ClN4O. The molecular weight excluding hydrogens is 168 g/mol. The molecule has 0 atom stereocenters. The summed E-state index contributed by atoms with van der Waals surface area (Å²) < 4.78 is 0. The molecule has 64 valence electrons. The van der Waals surface area contributed by atoms with E-state index >= 15 is 0 Å². The monoisotopic (exact) mass is 178 g/mol. The molecule has 0 aromatic rings. The quantitative estimate of drug-likeness (QED) is 0.371. The Bertz CT molecular complexity index is 151. The summed E-state index contributed by atoms with van der Waals surface area (Å²) >= 11 is 0. The summed E-state index contributed by atoms with van der Waals surface area (Å²) in [5.74, 6) is 0. The van der Waals surface area contributed by atoms with Crippen molar-refractivity contribution in [1.29, 1.82) is 0 Å². The molecule has 1 rings (SSSR count). The number of nitrogens with zero attached hydrogens (tertiary/aromatic N) is 4. The number of aliphatic hydroxyl groups is 1. The summed E-state index contributed by atoms with van der Waals surface area (Å²) in [5.41, 5.74) is 8.04. The minimum atomic E-state index is -0.204. The van der Waals surface area contributed by atoms with Gasteiger partial charge in [0.05, 0.1) is 19.2 Å². The van der Waals surface area contributed by atoms with Crippen molar-refractivity contribution < 1.29 is 5.11 Å². The number of azide groups is 1. The van der Waals surface area contributed by atoms with Crippen LogP contribution in [0.5, 0.6) is 0 Å². The Kier molecular flexibility index (Phi) is 4.77. The third-order valence-electron chi connectivity index (χ3n) is 1.61. The molecule has 5 nitrogen and oxygen atoms in total. The fraction of sp³-hybridized carbons (Fsp3) is 1.00. The van der Waals surface area contributed by atoms with Crippen molar-refractivity contribution in [2.24, 2.45) is 5.22 Å². The molecule has 1 saturated heterocycles. The lowest BCUT2D eigenvalue weighted by atomic mass is 10.1. The maximum absolute atomic E-state index is 9.03. The van der Waals surface area contributed by atoms with Gasteiger partial charge >= 0.3 is 0 Å². The van der Waals surface area contributed by atoms with Crippen LogP contribution in [0.1, 0.15) is 12.8 Å². The van der Waals surface area contributed by atoms with Crippen LogP contribution >= 0.6 is 12.4 Å². The van der Waals surface area contributed by atoms with Gasteiger partial charge in [-0.05, 0) is 5.22 Å². The minimum Gasteiger partial charge on any atom is -0.393 e. The largest absolute Gasteiger partial charge is 0.393 e. The van der Waals surface area contributed by atoms with Gasteiger partial charge in [-0.25, -0.2) is 5.01 Å². The van der Waals surface area contributed by atoms with Crippen molar-refractivity contribution in [2.45, 2.75) is 18.9 Å². The first kappa shape index (κ1) is 10.4. The highest BCUT2D eigenvalue weighted by Crippen LogP contribution is 2.09. The predicted octanol–water partition coefficient (Wildman–Crippen LogP) is 1.09. The average molecular weight is 179 g/mol. The van der Waals surface area contributed by atoms with Crippen molar-refractivity contribution in [3.05, 3.63) is 10.4 Å². The number of hydrogen-bond acceptors (Lipinski definition) is 2. The fourth-order valence-corrected chi connectivity index (χ4v) is 0.998. The summed E-state index contributed by atoms with van der Waals surface area (Å²) in [6.45, 7) is 1.34. The van der Waals surface area contributed by atoms with E-state index in [0.29, 0.717) is 25.9 Å². The van der Waals surface area contributed by atoms with Crippen LogP contribution in [0.25, 0.3) is 10.4 Å². The molecule has 1 N–H and O–H groups in total. The molecule has 0 spiro atoms. The van der Waals surface area contributed by atoms with Crippen LogP contribution in [0.2, 0.25) is 0 Å². The highest BCUT2D eigenvalue weighted by Gasteiger charge is 2.17. The second-order valence-corrected chi connectivity index (χ2v) is 2.36. The molecule has 0 aromatic carbocycles. The van der Waals surface area contributed by atoms with Crippen LogP contribution in [0, 0.1) is 0 Å². The highest BCUT2D eigenvalue weighted by atomic mass is 35.5. The molecule has 1 fully saturated rings. The van der Waals surface area contributed by atoms with Crippen LogP contribution < -0.4 is 0 Å². The average Bonchev–Trinajstić information content (AvgIpc) is 1.95. The van der Waals surface area contributed by atoms with Gasteiger partial charge in [0, 0.05) is 12.8 Å². The molecule has 0 bridgehead atoms. The Morgan fingerprint density at radius 1 is 1.45 bits per heavy atom. The normalized spacial score (nSPS) is 18.5. The highest BCUT2D eigenvalue weighted by molar-refractivity contribution is 5.85. The Morgan fingerprint density at radius 2 is 2.00 bits per heavy atom. The van der Waals surface area contributed by atoms with Gasteiger partial charge < -0.3 is 5.11 Å². The minimum absolute atomic E-state index is 0. The van der Waals surface area contributed by atoms with Crippen LogP contribution in [0.3, 0.4) is 0 Å². The number of halogens is 1. The maximum Gasteiger partial charge on any atom is 0.0909 e. The SMILES string of the molecule is Cl.[N-]=[N+]=NN1CCC(O)CC1. The van der Waals surface area contributed by atoms with E-state index in [9.17, 15) is 0 Å². The van der Waals surface area contributed by atoms with Gasteiger partial charge in [-0.1, -0.05) is 0 Å². The molecule has 1 aliphatic rings. The van der Waals surface area contributed by atoms with Gasteiger partial charge in [-0.15, -0.1) is 17.9 Å². The molecule has 0 unspecified atom stereocenters. The van der Waals surface area contributed by atoms with Gasteiger partial charge in [-0.2, -0.15) is 4.91 Å². The van der Waals surface area contributed by atoms with E-state index in [1.807, 2.05) is 0 Å². The zero-order valence-electron chi connectivity index (χ0n) is 6.05. The first-order valence-electron chi connectivity index (χ1n) is 3.31. The second kappa shape index (κ2) is 5.07. The first-order valence-corrected chi connectivity index (χ1v) is 3.31. The molecule has 11 heavy (non-hydrogen) atoms. The second-order valence-electron chi connectivity index (χ2n) is 2.36. The molecule has 0 aliphatic carbocycles. The van der Waals surface area contributed by atoms with Crippen molar-refractivity contribution in [3.8, 4) is 0 Å². The van der Waals surface area contributed by atoms with Gasteiger partial charge in [-0.3, -0.25) is 0 Å². The first-order chi connectivity index (χ1) is 4.83. The third kappa shape index (κ3) is 3.32. The van der Waals surface area contributed by atoms with Gasteiger partial charge in [0.25, 0.3) is 0 Å². The Labute approximate surface area is 71.0 Å². The van der Waals surface area contributed by atoms with Crippen LogP contribution in [-0.2, 0) is 0 Å². The summed E-state index contributed by atoms with van der Waals surface area (Å²) in [5, 5.41) is 14.1. The predicted molar refractivity (Wildman–Crippen MR) is 43.2 cm³/mol. The Morgan fingerprint density at radius 3 is 2.45 bits per heavy atom. The van der Waals surface area contributed by atoms with E-state index in [0.717, 1.165) is 0 Å². The van der Waals surface area contributed by atoms with E-state index in [-0.39, 0.29) is 18.5 Å². The van der Waals surface area contributed by atoms with E-state index in [1.165, 1.54) is 0 Å². The molecule has 1 aliphatic heterocycles. The van der Waals surface area contributed by atoms with Crippen molar-refractivity contribution in [1.82, 2.24) is 5.01 Å². The Balaban J connectivity index is 0.000001000. The summed E-state index contributed by atoms with van der Waals surface area (Å²) in [6.07, 6.45) is 1.21. The number of hydrogen-bond donors (Lipinski definition) is 1. The van der Waals surface area contributed by atoms with Crippen molar-refractivity contribution >= 4 is 12.4 Å². The third-order valence-corrected chi connectivity index (χ3v) is 1.61. The van der Waals surface area contributed by atoms with Crippen LogP contribution in [-0.4, -0.2) is 29.3 Å². The summed E-state index contributed by atoms with van der Waals surface area (Å²) in [6, 6.07) is 0. The zero-order chi connectivity index (χ0) is 7.40. The lowest BCUT2D eigenvalue weighted by Crippen LogP contribution is -2.31. The lowest BCUT2D eigenvalue weighted by Gasteiger charge is -2.22. The van der Waals surface area contributed by atoms with Crippen molar-refractivity contribution in [2.75, 3.05) is 13.1 Å². The van der Waals surface area contributed by atoms with E-state index in [1.54, 1.807) is 5.01 Å². The van der Waals surface area contributed by atoms with Gasteiger partial charge in [0.15, 0.2) is 0 Å². The van der Waals surface area contributed by atoms with E-state index < -0.39 is 0 Å². The van der Waals surface area contributed by atoms with Crippen LogP contribution in [0.4, 0.5) is 0 Å². The number of rotatable bonds is 1. The summed E-state index contributed by atoms with van der Waals surface area (Å²) in [7, 11) is 0. The van der Waals surface area contributed by atoms with Crippen molar-refractivity contribution in [3.63, 3.8) is 0 Å².